The molecule has 0 aliphatic rings. The second kappa shape index (κ2) is 15.7. The lowest BCUT2D eigenvalue weighted by molar-refractivity contribution is 0.301. The molecule has 0 fully saturated rings. The second-order valence-corrected chi connectivity index (χ2v) is 12.9. The Morgan fingerprint density at radius 1 is 0.820 bits per heavy atom. The predicted molar refractivity (Wildman–Crippen MR) is 180 cm³/mol. The van der Waals surface area contributed by atoms with E-state index in [0.29, 0.717) is 47.2 Å². The smallest absolute Gasteiger partial charge is 0.297 e. The van der Waals surface area contributed by atoms with E-state index in [9.17, 15) is 17.6 Å². The first-order valence-electron chi connectivity index (χ1n) is 14.8. The average molecular weight is 733 g/mol. The maximum Gasteiger partial charge on any atom is 0.297 e. The molecule has 0 atom stereocenters. The van der Waals surface area contributed by atoms with E-state index in [-0.39, 0.29) is 51.5 Å². The van der Waals surface area contributed by atoms with E-state index in [1.54, 1.807) is 24.3 Å². The largest absolute Gasteiger partial charge is 0.496 e. The van der Waals surface area contributed by atoms with Crippen molar-refractivity contribution in [2.45, 2.75) is 23.0 Å². The first kappa shape index (κ1) is 36.3. The minimum absolute atomic E-state index is 0.0591. The lowest BCUT2D eigenvalue weighted by Gasteiger charge is -2.17. The lowest BCUT2D eigenvalue weighted by Crippen LogP contribution is -2.12. The van der Waals surface area contributed by atoms with Crippen molar-refractivity contribution in [3.05, 3.63) is 58.5 Å². The summed E-state index contributed by atoms with van der Waals surface area (Å²) >= 11 is 1.18. The van der Waals surface area contributed by atoms with Crippen molar-refractivity contribution in [3.63, 3.8) is 0 Å². The van der Waals surface area contributed by atoms with Crippen LogP contribution in [0.15, 0.2) is 66.2 Å². The number of methoxy groups -OCH3 is 5. The molecule has 0 unspecified atom stereocenters. The van der Waals surface area contributed by atoms with Crippen LogP contribution in [0.3, 0.4) is 0 Å². The second-order valence-electron chi connectivity index (χ2n) is 10.2. The quantitative estimate of drug-likeness (QED) is 0.0660. The Morgan fingerprint density at radius 2 is 1.54 bits per heavy atom. The van der Waals surface area contributed by atoms with Crippen molar-refractivity contribution < 1.29 is 54.2 Å². The summed E-state index contributed by atoms with van der Waals surface area (Å²) in [5.74, 6) is 1.07. The molecule has 0 spiro atoms. The molecular weight excluding hydrogens is 699 g/mol. The molecule has 2 aromatic heterocycles. The van der Waals surface area contributed by atoms with Gasteiger partial charge < -0.3 is 37.3 Å². The van der Waals surface area contributed by atoms with Crippen LogP contribution in [0.4, 0.5) is 4.39 Å². The molecule has 0 saturated carbocycles. The van der Waals surface area contributed by atoms with E-state index < -0.39 is 26.3 Å². The zero-order chi connectivity index (χ0) is 36.0. The number of nitrogens with zero attached hydrogens (tertiary/aromatic N) is 2. The van der Waals surface area contributed by atoms with Crippen LogP contribution in [-0.4, -0.2) is 73.6 Å². The molecule has 0 saturated heterocycles. The van der Waals surface area contributed by atoms with Crippen molar-refractivity contribution in [1.29, 1.82) is 0 Å². The Labute approximate surface area is 290 Å². The van der Waals surface area contributed by atoms with Crippen LogP contribution in [0, 0.1) is 5.82 Å². The Kier molecular flexibility index (Phi) is 11.4. The number of ether oxygens (including phenoxy) is 6. The zero-order valence-electron chi connectivity index (χ0n) is 27.9. The maximum absolute atomic E-state index is 14.7. The van der Waals surface area contributed by atoms with Gasteiger partial charge in [-0.25, -0.2) is 4.39 Å². The number of hydrogen-bond donors (Lipinski definition) is 0. The summed E-state index contributed by atoms with van der Waals surface area (Å²) in [7, 11) is 4.07. The first-order chi connectivity index (χ1) is 24.1. The van der Waals surface area contributed by atoms with E-state index >= 15 is 0 Å². The molecule has 5 aromatic rings. The van der Waals surface area contributed by atoms with Gasteiger partial charge in [0.1, 0.15) is 33.2 Å². The number of benzene rings is 3. The van der Waals surface area contributed by atoms with Gasteiger partial charge in [-0.2, -0.15) is 8.42 Å². The van der Waals surface area contributed by atoms with Crippen LogP contribution in [0.25, 0.3) is 33.7 Å². The highest BCUT2D eigenvalue weighted by molar-refractivity contribution is 7.99. The fourth-order valence-corrected chi connectivity index (χ4v) is 6.59. The monoisotopic (exact) mass is 732 g/mol. The summed E-state index contributed by atoms with van der Waals surface area (Å²) in [5, 5.41) is 8.01. The first-order valence-corrected chi connectivity index (χ1v) is 17.2. The summed E-state index contributed by atoms with van der Waals surface area (Å²) in [5.41, 5.74) is -0.214. The maximum atomic E-state index is 14.7. The molecule has 2 heterocycles. The molecule has 3 aromatic carbocycles. The molecule has 266 valence electrons. The van der Waals surface area contributed by atoms with Gasteiger partial charge in [0.25, 0.3) is 21.2 Å². The van der Waals surface area contributed by atoms with Gasteiger partial charge in [0, 0.05) is 23.4 Å². The number of hydrogen-bond acceptors (Lipinski definition) is 15. The third-order valence-electron chi connectivity index (χ3n) is 7.37. The van der Waals surface area contributed by atoms with E-state index in [4.69, 9.17) is 37.3 Å². The molecule has 50 heavy (non-hydrogen) atoms. The summed E-state index contributed by atoms with van der Waals surface area (Å²) in [6, 6.07) is 9.93. The highest BCUT2D eigenvalue weighted by Gasteiger charge is 2.27. The van der Waals surface area contributed by atoms with Crippen LogP contribution in [0.1, 0.15) is 12.8 Å². The standard InChI is InChI=1S/C33H33FN2O12S2/c1-40-19-16-21(41-2)27-22(17-19)47-29(18-14-23(42-3)30(44-5)24(15-18)43-4)31(28(27)37)46-12-7-8-13-49-33-36-35-32(48-33)26-20(34)10-9-11-25(26)50(38,39)45-6/h9-11,14-17H,7-8,12-13H2,1-6H3. The van der Waals surface area contributed by atoms with E-state index in [1.807, 2.05) is 0 Å². The normalized spacial score (nSPS) is 11.4. The molecule has 0 aliphatic carbocycles. The fraction of sp³-hybridized carbons (Fsp3) is 0.303. The molecule has 0 radical (unpaired) electrons. The number of aromatic nitrogens is 2. The van der Waals surface area contributed by atoms with Crippen LogP contribution < -0.4 is 33.8 Å². The molecule has 5 rings (SSSR count). The van der Waals surface area contributed by atoms with Crippen molar-refractivity contribution in [3.8, 4) is 57.3 Å². The van der Waals surface area contributed by atoms with Gasteiger partial charge in [-0.3, -0.25) is 8.98 Å². The SMILES string of the molecule is COc1cc(OC)c2c(=O)c(OCCCCSc3nnc(-c4c(F)cccc4S(=O)(=O)OC)o3)c(-c3cc(OC)c(OC)c(OC)c3)oc2c1. The van der Waals surface area contributed by atoms with Crippen molar-refractivity contribution in [2.24, 2.45) is 0 Å². The number of unbranched alkanes of at least 4 members (excludes halogenated alkanes) is 1. The lowest BCUT2D eigenvalue weighted by atomic mass is 10.1. The van der Waals surface area contributed by atoms with Crippen LogP contribution in [0.5, 0.6) is 34.5 Å². The minimum Gasteiger partial charge on any atom is -0.496 e. The Bertz CT molecular complexity index is 2140. The molecular formula is C33H33FN2O12S2. The molecule has 17 heteroatoms. The van der Waals surface area contributed by atoms with Crippen molar-refractivity contribution >= 4 is 32.8 Å². The van der Waals surface area contributed by atoms with E-state index in [1.165, 1.54) is 59.4 Å². The molecule has 0 bridgehead atoms. The molecule has 14 nitrogen and oxygen atoms in total. The fourth-order valence-electron chi connectivity index (χ4n) is 4.97. The zero-order valence-corrected chi connectivity index (χ0v) is 29.5. The minimum atomic E-state index is -4.24. The van der Waals surface area contributed by atoms with Gasteiger partial charge in [0.05, 0.1) is 54.8 Å². The highest BCUT2D eigenvalue weighted by atomic mass is 32.2. The van der Waals surface area contributed by atoms with Gasteiger partial charge in [-0.1, -0.05) is 17.8 Å². The van der Waals surface area contributed by atoms with Gasteiger partial charge in [-0.05, 0) is 37.1 Å². The summed E-state index contributed by atoms with van der Waals surface area (Å²) in [6.45, 7) is 0.120. The third-order valence-corrected chi connectivity index (χ3v) is 9.59. The molecule has 0 N–H and O–H groups in total. The number of thioether (sulfide) groups is 1. The van der Waals surface area contributed by atoms with Gasteiger partial charge >= 0.3 is 0 Å². The van der Waals surface area contributed by atoms with E-state index in [2.05, 4.69) is 14.4 Å². The van der Waals surface area contributed by atoms with Crippen molar-refractivity contribution in [1.82, 2.24) is 10.2 Å². The average Bonchev–Trinajstić information content (AvgIpc) is 3.60. The van der Waals surface area contributed by atoms with Gasteiger partial charge in [-0.15, -0.1) is 10.2 Å². The Hall–Kier alpha value is -5.00. The summed E-state index contributed by atoms with van der Waals surface area (Å²) in [6.07, 6.45) is 1.06. The van der Waals surface area contributed by atoms with Crippen LogP contribution in [0.2, 0.25) is 0 Å². The topological polar surface area (TPSA) is 168 Å². The van der Waals surface area contributed by atoms with Crippen LogP contribution in [-0.2, 0) is 14.3 Å². The van der Waals surface area contributed by atoms with Gasteiger partial charge in [0.2, 0.25) is 16.9 Å². The van der Waals surface area contributed by atoms with Gasteiger partial charge in [0.15, 0.2) is 17.3 Å². The van der Waals surface area contributed by atoms with Crippen LogP contribution >= 0.6 is 11.8 Å². The number of fused-ring (bicyclic) bond motifs is 1. The number of halogens is 1. The molecule has 0 aliphatic heterocycles. The summed E-state index contributed by atoms with van der Waals surface area (Å²) < 4.78 is 89.1. The Balaban J connectivity index is 1.36. The summed E-state index contributed by atoms with van der Waals surface area (Å²) in [4.78, 5) is 13.6. The highest BCUT2D eigenvalue weighted by Crippen LogP contribution is 2.44. The Morgan fingerprint density at radius 3 is 2.18 bits per heavy atom. The predicted octanol–water partition coefficient (Wildman–Crippen LogP) is 5.98. The van der Waals surface area contributed by atoms with Crippen molar-refractivity contribution in [2.75, 3.05) is 55.0 Å². The number of rotatable bonds is 16. The van der Waals surface area contributed by atoms with E-state index in [0.717, 1.165) is 13.2 Å². The third kappa shape index (κ3) is 7.29. The molecule has 0 amide bonds.